The number of methoxy groups -OCH3 is 1. The molecule has 0 saturated heterocycles. The van der Waals surface area contributed by atoms with Crippen molar-refractivity contribution in [3.8, 4) is 17.0 Å². The molecule has 0 fully saturated rings. The van der Waals surface area contributed by atoms with Crippen molar-refractivity contribution in [3.05, 3.63) is 40.5 Å². The number of nitrogens with zero attached hydrogens (tertiary/aromatic N) is 1. The van der Waals surface area contributed by atoms with Crippen molar-refractivity contribution in [1.29, 1.82) is 0 Å². The fraction of sp³-hybridized carbons (Fsp3) is 0.231. The van der Waals surface area contributed by atoms with E-state index in [9.17, 15) is 4.39 Å². The first-order chi connectivity index (χ1) is 8.63. The third-order valence-electron chi connectivity index (χ3n) is 2.59. The van der Waals surface area contributed by atoms with Crippen LogP contribution in [0.5, 0.6) is 5.75 Å². The highest BCUT2D eigenvalue weighted by Gasteiger charge is 2.06. The Morgan fingerprint density at radius 3 is 2.78 bits per heavy atom. The molecule has 2 aromatic rings. The first-order valence-corrected chi connectivity index (χ1v) is 5.99. The Morgan fingerprint density at radius 1 is 1.39 bits per heavy atom. The van der Waals surface area contributed by atoms with E-state index < -0.39 is 5.82 Å². The number of rotatable bonds is 3. The van der Waals surface area contributed by atoms with Crippen molar-refractivity contribution < 1.29 is 9.13 Å². The number of nitrogens with one attached hydrogen (secondary N) is 1. The summed E-state index contributed by atoms with van der Waals surface area (Å²) in [5.74, 6) is 0.611. The van der Waals surface area contributed by atoms with E-state index in [2.05, 4.69) is 9.97 Å². The van der Waals surface area contributed by atoms with Crippen LogP contribution in [0, 0.1) is 10.5 Å². The van der Waals surface area contributed by atoms with E-state index in [4.69, 9.17) is 17.0 Å². The molecule has 0 aliphatic rings. The van der Waals surface area contributed by atoms with Gasteiger partial charge in [0.1, 0.15) is 10.5 Å². The van der Waals surface area contributed by atoms with E-state index in [-0.39, 0.29) is 5.75 Å². The average Bonchev–Trinajstić information content (AvgIpc) is 2.37. The van der Waals surface area contributed by atoms with Gasteiger partial charge in [0.25, 0.3) is 0 Å². The first-order valence-electron chi connectivity index (χ1n) is 5.58. The van der Waals surface area contributed by atoms with Gasteiger partial charge in [-0.3, -0.25) is 0 Å². The summed E-state index contributed by atoms with van der Waals surface area (Å²) >= 11 is 5.09. The smallest absolute Gasteiger partial charge is 0.165 e. The summed E-state index contributed by atoms with van der Waals surface area (Å²) < 4.78 is 19.0. The number of hydrogen-bond acceptors (Lipinski definition) is 3. The molecule has 1 aromatic carbocycles. The van der Waals surface area contributed by atoms with Crippen LogP contribution in [0.4, 0.5) is 4.39 Å². The third-order valence-corrected chi connectivity index (χ3v) is 2.80. The van der Waals surface area contributed by atoms with Crippen LogP contribution in [-0.2, 0) is 6.42 Å². The standard InChI is InChI=1S/C13H13FN2OS/c1-3-12-15-10(7-13(18)16-12)8-4-5-11(17-2)9(14)6-8/h4-7H,3H2,1-2H3,(H,15,16,18). The van der Waals surface area contributed by atoms with Gasteiger partial charge < -0.3 is 9.72 Å². The molecule has 0 unspecified atom stereocenters. The van der Waals surface area contributed by atoms with Crippen LogP contribution in [0.2, 0.25) is 0 Å². The van der Waals surface area contributed by atoms with Crippen LogP contribution < -0.4 is 4.74 Å². The van der Waals surface area contributed by atoms with E-state index in [1.807, 2.05) is 6.92 Å². The van der Waals surface area contributed by atoms with E-state index in [0.717, 1.165) is 23.5 Å². The van der Waals surface area contributed by atoms with Gasteiger partial charge in [0.2, 0.25) is 0 Å². The van der Waals surface area contributed by atoms with Crippen LogP contribution in [0.3, 0.4) is 0 Å². The van der Waals surface area contributed by atoms with Crippen molar-refractivity contribution in [2.24, 2.45) is 0 Å². The number of halogens is 1. The average molecular weight is 264 g/mol. The van der Waals surface area contributed by atoms with Gasteiger partial charge in [-0.1, -0.05) is 19.1 Å². The second kappa shape index (κ2) is 5.27. The topological polar surface area (TPSA) is 37.9 Å². The van der Waals surface area contributed by atoms with Gasteiger partial charge in [-0.2, -0.15) is 0 Å². The minimum absolute atomic E-state index is 0.224. The fourth-order valence-corrected chi connectivity index (χ4v) is 1.89. The van der Waals surface area contributed by atoms with Crippen molar-refractivity contribution in [2.75, 3.05) is 7.11 Å². The number of aromatic amines is 1. The Balaban J connectivity index is 2.51. The van der Waals surface area contributed by atoms with Crippen molar-refractivity contribution in [2.45, 2.75) is 13.3 Å². The minimum Gasteiger partial charge on any atom is -0.494 e. The van der Waals surface area contributed by atoms with E-state index >= 15 is 0 Å². The number of ether oxygens (including phenoxy) is 1. The van der Waals surface area contributed by atoms with E-state index in [0.29, 0.717) is 4.64 Å². The Kier molecular flexibility index (Phi) is 3.72. The highest BCUT2D eigenvalue weighted by atomic mass is 32.1. The molecule has 18 heavy (non-hydrogen) atoms. The zero-order valence-corrected chi connectivity index (χ0v) is 11.0. The maximum Gasteiger partial charge on any atom is 0.165 e. The Hall–Kier alpha value is -1.75. The van der Waals surface area contributed by atoms with E-state index in [1.54, 1.807) is 18.2 Å². The maximum atomic E-state index is 13.6. The lowest BCUT2D eigenvalue weighted by Gasteiger charge is -2.07. The molecule has 1 heterocycles. The number of hydrogen-bond donors (Lipinski definition) is 1. The molecular formula is C13H13FN2OS. The minimum atomic E-state index is -0.399. The molecule has 1 N–H and O–H groups in total. The van der Waals surface area contributed by atoms with Crippen molar-refractivity contribution >= 4 is 12.2 Å². The predicted octanol–water partition coefficient (Wildman–Crippen LogP) is 3.52. The molecule has 0 radical (unpaired) electrons. The highest BCUT2D eigenvalue weighted by molar-refractivity contribution is 7.71. The normalized spacial score (nSPS) is 10.4. The highest BCUT2D eigenvalue weighted by Crippen LogP contribution is 2.24. The van der Waals surface area contributed by atoms with Crippen LogP contribution in [0.25, 0.3) is 11.3 Å². The molecule has 0 bridgehead atoms. The summed E-state index contributed by atoms with van der Waals surface area (Å²) in [6.45, 7) is 1.98. The molecule has 5 heteroatoms. The zero-order chi connectivity index (χ0) is 13.1. The molecule has 94 valence electrons. The van der Waals surface area contributed by atoms with Gasteiger partial charge >= 0.3 is 0 Å². The number of H-pyrrole nitrogens is 1. The third kappa shape index (κ3) is 2.56. The molecule has 2 rings (SSSR count). The molecule has 0 amide bonds. The van der Waals surface area contributed by atoms with Crippen LogP contribution in [-0.4, -0.2) is 17.1 Å². The zero-order valence-electron chi connectivity index (χ0n) is 10.2. The molecule has 0 aliphatic heterocycles. The summed E-state index contributed by atoms with van der Waals surface area (Å²) in [7, 11) is 1.44. The monoisotopic (exact) mass is 264 g/mol. The largest absolute Gasteiger partial charge is 0.494 e. The van der Waals surface area contributed by atoms with Gasteiger partial charge in [-0.15, -0.1) is 0 Å². The molecule has 1 aromatic heterocycles. The van der Waals surface area contributed by atoms with E-state index in [1.165, 1.54) is 13.2 Å². The molecule has 0 spiro atoms. The second-order valence-electron chi connectivity index (χ2n) is 3.78. The number of benzene rings is 1. The van der Waals surface area contributed by atoms with Gasteiger partial charge in [0.05, 0.1) is 7.11 Å². The fourth-order valence-electron chi connectivity index (χ4n) is 1.67. The Labute approximate surface area is 110 Å². The Morgan fingerprint density at radius 2 is 2.17 bits per heavy atom. The predicted molar refractivity (Wildman–Crippen MR) is 70.7 cm³/mol. The number of aromatic nitrogens is 2. The van der Waals surface area contributed by atoms with Gasteiger partial charge in [0, 0.05) is 17.7 Å². The quantitative estimate of drug-likeness (QED) is 0.862. The Bertz CT molecular complexity index is 625. The summed E-state index contributed by atoms with van der Waals surface area (Å²) in [6, 6.07) is 6.50. The molecule has 0 aliphatic carbocycles. The summed E-state index contributed by atoms with van der Waals surface area (Å²) in [5, 5.41) is 0. The molecular weight excluding hydrogens is 251 g/mol. The maximum absolute atomic E-state index is 13.6. The lowest BCUT2D eigenvalue weighted by atomic mass is 10.1. The van der Waals surface area contributed by atoms with Crippen molar-refractivity contribution in [3.63, 3.8) is 0 Å². The van der Waals surface area contributed by atoms with Crippen LogP contribution in [0.15, 0.2) is 24.3 Å². The van der Waals surface area contributed by atoms with Crippen molar-refractivity contribution in [1.82, 2.24) is 9.97 Å². The van der Waals surface area contributed by atoms with Gasteiger partial charge in [-0.25, -0.2) is 9.37 Å². The summed E-state index contributed by atoms with van der Waals surface area (Å²) in [5.41, 5.74) is 1.48. The SMILES string of the molecule is CCc1nc(=S)cc(-c2ccc(OC)c(F)c2)[nH]1. The van der Waals surface area contributed by atoms with Gasteiger partial charge in [-0.05, 0) is 24.3 Å². The summed E-state index contributed by atoms with van der Waals surface area (Å²) in [4.78, 5) is 7.31. The second-order valence-corrected chi connectivity index (χ2v) is 4.20. The molecule has 0 saturated carbocycles. The summed E-state index contributed by atoms with van der Waals surface area (Å²) in [6.07, 6.45) is 0.746. The van der Waals surface area contributed by atoms with Crippen LogP contribution >= 0.6 is 12.2 Å². The molecule has 0 atom stereocenters. The first kappa shape index (κ1) is 12.7. The van der Waals surface area contributed by atoms with Crippen LogP contribution in [0.1, 0.15) is 12.7 Å². The lowest BCUT2D eigenvalue weighted by Crippen LogP contribution is -1.96. The molecule has 3 nitrogen and oxygen atoms in total. The lowest BCUT2D eigenvalue weighted by molar-refractivity contribution is 0.386. The van der Waals surface area contributed by atoms with Gasteiger partial charge in [0.15, 0.2) is 11.6 Å². The number of aryl methyl sites for hydroxylation is 1.